The van der Waals surface area contributed by atoms with Crippen LogP contribution in [0.5, 0.6) is 0 Å². The van der Waals surface area contributed by atoms with Crippen molar-refractivity contribution in [3.05, 3.63) is 129 Å². The average Bonchev–Trinajstić information content (AvgIpc) is 3.80. The lowest BCUT2D eigenvalue weighted by Gasteiger charge is -2.22. The molecule has 1 aliphatic rings. The van der Waals surface area contributed by atoms with E-state index >= 15 is 0 Å². The van der Waals surface area contributed by atoms with Crippen LogP contribution in [0.25, 0.3) is 5.69 Å². The van der Waals surface area contributed by atoms with Crippen LogP contribution in [0.3, 0.4) is 0 Å². The maximum absolute atomic E-state index is 14.1. The van der Waals surface area contributed by atoms with Crippen molar-refractivity contribution in [2.45, 2.75) is 31.1 Å². The van der Waals surface area contributed by atoms with E-state index in [1.165, 1.54) is 30.3 Å². The number of benzene rings is 3. The summed E-state index contributed by atoms with van der Waals surface area (Å²) in [5, 5.41) is 19.8. The summed E-state index contributed by atoms with van der Waals surface area (Å²) in [5.74, 6) is -1.56. The monoisotopic (exact) mass is 628 g/mol. The number of rotatable bonds is 9. The van der Waals surface area contributed by atoms with E-state index in [0.29, 0.717) is 23.1 Å². The van der Waals surface area contributed by atoms with Crippen molar-refractivity contribution < 1.29 is 18.4 Å². The molecule has 1 atom stereocenters. The lowest BCUT2D eigenvalue weighted by molar-refractivity contribution is -0.130. The van der Waals surface area contributed by atoms with Crippen molar-refractivity contribution in [1.29, 1.82) is 0 Å². The van der Waals surface area contributed by atoms with E-state index in [-0.39, 0.29) is 29.8 Å². The molecule has 12 heteroatoms. The third kappa shape index (κ3) is 6.31. The highest BCUT2D eigenvalue weighted by molar-refractivity contribution is 7.99. The number of thioether (sulfide) groups is 1. The Labute approximate surface area is 260 Å². The van der Waals surface area contributed by atoms with Crippen LogP contribution < -0.4 is 5.32 Å². The molecule has 44 heavy (non-hydrogen) atoms. The first-order chi connectivity index (χ1) is 21.4. The van der Waals surface area contributed by atoms with Crippen LogP contribution in [0.4, 0.5) is 8.78 Å². The first-order valence-electron chi connectivity index (χ1n) is 13.7. The summed E-state index contributed by atoms with van der Waals surface area (Å²) < 4.78 is 29.5. The number of nitrogens with one attached hydrogen (secondary N) is 1. The second-order valence-electron chi connectivity index (χ2n) is 10.1. The molecule has 0 radical (unpaired) electrons. The van der Waals surface area contributed by atoms with E-state index in [1.807, 2.05) is 48.7 Å². The minimum absolute atomic E-state index is 0.00446. The Kier molecular flexibility index (Phi) is 8.62. The lowest BCUT2D eigenvalue weighted by Crippen LogP contribution is -2.28. The topological polar surface area (TPSA) is 92.5 Å². The summed E-state index contributed by atoms with van der Waals surface area (Å²) in [6.07, 6.45) is 0.595. The summed E-state index contributed by atoms with van der Waals surface area (Å²) in [5.41, 5.74) is 3.41. The smallest absolute Gasteiger partial charge is 0.254 e. The number of hydrogen-bond donors (Lipinski definition) is 1. The highest BCUT2D eigenvalue weighted by Gasteiger charge is 2.33. The van der Waals surface area contributed by atoms with Crippen LogP contribution in [-0.2, 0) is 11.3 Å². The standard InChI is InChI=1S/C32H26F2N6O2S2/c1-20-8-10-21(11-9-20)27-17-26(28-7-4-16-43-28)38-40(27)30(41)19-44-32-37-36-29(39(32)23-14-12-22(33)13-15-23)18-35-31(42)24-5-2-3-6-25(24)34/h2-16,27H,17-19H2,1H3,(H,35,42). The minimum atomic E-state index is -0.643. The summed E-state index contributed by atoms with van der Waals surface area (Å²) in [7, 11) is 0. The molecule has 3 aromatic carbocycles. The molecule has 2 amide bonds. The fourth-order valence-electron chi connectivity index (χ4n) is 4.83. The molecule has 5 aromatic rings. The molecule has 2 aromatic heterocycles. The SMILES string of the molecule is Cc1ccc(C2CC(c3cccs3)=NN2C(=O)CSc2nnc(CNC(=O)c3ccccc3F)n2-c2ccc(F)cc2)cc1. The third-order valence-electron chi connectivity index (χ3n) is 7.07. The van der Waals surface area contributed by atoms with Gasteiger partial charge in [-0.25, -0.2) is 13.8 Å². The van der Waals surface area contributed by atoms with Gasteiger partial charge in [-0.15, -0.1) is 21.5 Å². The van der Waals surface area contributed by atoms with Gasteiger partial charge >= 0.3 is 0 Å². The predicted octanol–water partition coefficient (Wildman–Crippen LogP) is 6.32. The number of hydrogen-bond acceptors (Lipinski definition) is 7. The zero-order valence-electron chi connectivity index (χ0n) is 23.5. The second-order valence-corrected chi connectivity index (χ2v) is 11.9. The zero-order chi connectivity index (χ0) is 30.6. The minimum Gasteiger partial charge on any atom is -0.345 e. The van der Waals surface area contributed by atoms with Crippen molar-refractivity contribution in [2.75, 3.05) is 5.75 Å². The molecule has 0 bridgehead atoms. The fourth-order valence-corrected chi connectivity index (χ4v) is 6.37. The Balaban J connectivity index is 1.24. The van der Waals surface area contributed by atoms with Gasteiger partial charge in [0.15, 0.2) is 11.0 Å². The second kappa shape index (κ2) is 12.9. The molecular formula is C32H26F2N6O2S2. The summed E-state index contributed by atoms with van der Waals surface area (Å²) >= 11 is 2.74. The van der Waals surface area contributed by atoms with Gasteiger partial charge in [0.05, 0.1) is 34.5 Å². The first kappa shape index (κ1) is 29.4. The summed E-state index contributed by atoms with van der Waals surface area (Å²) in [6.45, 7) is 1.94. The quantitative estimate of drug-likeness (QED) is 0.193. The van der Waals surface area contributed by atoms with Crippen LogP contribution in [0, 0.1) is 18.6 Å². The number of aromatic nitrogens is 3. The molecule has 0 fully saturated rings. The Morgan fingerprint density at radius 2 is 1.75 bits per heavy atom. The molecule has 1 N–H and O–H groups in total. The summed E-state index contributed by atoms with van der Waals surface area (Å²) in [6, 6.07) is 23.2. The average molecular weight is 629 g/mol. The van der Waals surface area contributed by atoms with Crippen LogP contribution in [0.2, 0.25) is 0 Å². The number of carbonyl (C=O) groups is 2. The van der Waals surface area contributed by atoms with Gasteiger partial charge in [0, 0.05) is 12.1 Å². The molecule has 0 aliphatic carbocycles. The number of halogens is 2. The molecule has 3 heterocycles. The largest absolute Gasteiger partial charge is 0.345 e. The Hall–Kier alpha value is -4.68. The molecule has 1 unspecified atom stereocenters. The number of thiophene rings is 1. The Morgan fingerprint density at radius 1 is 0.977 bits per heavy atom. The highest BCUT2D eigenvalue weighted by atomic mass is 32.2. The van der Waals surface area contributed by atoms with E-state index in [4.69, 9.17) is 5.10 Å². The van der Waals surface area contributed by atoms with E-state index in [1.54, 1.807) is 39.1 Å². The molecule has 0 saturated heterocycles. The van der Waals surface area contributed by atoms with Gasteiger partial charge in [0.2, 0.25) is 0 Å². The molecule has 0 saturated carbocycles. The number of hydrazone groups is 1. The van der Waals surface area contributed by atoms with Crippen molar-refractivity contribution in [3.8, 4) is 5.69 Å². The van der Waals surface area contributed by atoms with Gasteiger partial charge < -0.3 is 5.32 Å². The van der Waals surface area contributed by atoms with Crippen molar-refractivity contribution in [3.63, 3.8) is 0 Å². The van der Waals surface area contributed by atoms with Crippen LogP contribution in [-0.4, -0.2) is 43.1 Å². The Bertz CT molecular complexity index is 1820. The molecule has 6 rings (SSSR count). The normalized spacial score (nSPS) is 14.5. The first-order valence-corrected chi connectivity index (χ1v) is 15.6. The van der Waals surface area contributed by atoms with Gasteiger partial charge in [-0.1, -0.05) is 59.8 Å². The van der Waals surface area contributed by atoms with Crippen molar-refractivity contribution in [2.24, 2.45) is 5.10 Å². The van der Waals surface area contributed by atoms with E-state index in [0.717, 1.165) is 33.5 Å². The molecule has 1 aliphatic heterocycles. The van der Waals surface area contributed by atoms with Crippen LogP contribution in [0.15, 0.2) is 101 Å². The molecule has 8 nitrogen and oxygen atoms in total. The number of aryl methyl sites for hydroxylation is 1. The maximum Gasteiger partial charge on any atom is 0.254 e. The van der Waals surface area contributed by atoms with Gasteiger partial charge in [0.25, 0.3) is 11.8 Å². The van der Waals surface area contributed by atoms with Gasteiger partial charge in [-0.2, -0.15) is 5.10 Å². The highest BCUT2D eigenvalue weighted by Crippen LogP contribution is 2.35. The van der Waals surface area contributed by atoms with Gasteiger partial charge in [-0.05, 0) is 60.3 Å². The number of nitrogens with zero attached hydrogens (tertiary/aromatic N) is 5. The molecular weight excluding hydrogens is 603 g/mol. The number of amides is 2. The molecule has 222 valence electrons. The lowest BCUT2D eigenvalue weighted by atomic mass is 10.00. The fraction of sp³-hybridized carbons (Fsp3) is 0.156. The van der Waals surface area contributed by atoms with Gasteiger partial charge in [0.1, 0.15) is 11.6 Å². The van der Waals surface area contributed by atoms with E-state index in [2.05, 4.69) is 15.5 Å². The third-order valence-corrected chi connectivity index (χ3v) is 8.90. The number of carbonyl (C=O) groups excluding carboxylic acids is 2. The summed E-state index contributed by atoms with van der Waals surface area (Å²) in [4.78, 5) is 27.4. The van der Waals surface area contributed by atoms with E-state index in [9.17, 15) is 18.4 Å². The zero-order valence-corrected chi connectivity index (χ0v) is 25.1. The molecule has 0 spiro atoms. The maximum atomic E-state index is 14.1. The van der Waals surface area contributed by atoms with E-state index < -0.39 is 17.5 Å². The Morgan fingerprint density at radius 3 is 2.48 bits per heavy atom. The predicted molar refractivity (Wildman–Crippen MR) is 166 cm³/mol. The van der Waals surface area contributed by atoms with Crippen LogP contribution in [0.1, 0.15) is 44.6 Å². The van der Waals surface area contributed by atoms with Crippen LogP contribution >= 0.6 is 23.1 Å². The van der Waals surface area contributed by atoms with Crippen molar-refractivity contribution in [1.82, 2.24) is 25.1 Å². The van der Waals surface area contributed by atoms with Gasteiger partial charge in [-0.3, -0.25) is 14.2 Å². The van der Waals surface area contributed by atoms with Crippen molar-refractivity contribution >= 4 is 40.6 Å².